The lowest BCUT2D eigenvalue weighted by atomic mass is 10.0. The summed E-state index contributed by atoms with van der Waals surface area (Å²) in [6.07, 6.45) is 4.73. The number of urea groups is 1. The van der Waals surface area contributed by atoms with E-state index in [1.165, 1.54) is 17.5 Å². The van der Waals surface area contributed by atoms with Crippen LogP contribution in [-0.4, -0.2) is 42.0 Å². The molecule has 3 rings (SSSR count). The van der Waals surface area contributed by atoms with Crippen LogP contribution in [0.5, 0.6) is 0 Å². The average Bonchev–Trinajstić information content (AvgIpc) is 2.97. The number of carbonyl (C=O) groups is 2. The van der Waals surface area contributed by atoms with E-state index in [0.717, 1.165) is 31.5 Å². The number of nitrogens with one attached hydrogen (secondary N) is 1. The van der Waals surface area contributed by atoms with E-state index in [1.807, 2.05) is 17.0 Å². The Morgan fingerprint density at radius 2 is 2.04 bits per heavy atom. The molecule has 1 aromatic rings. The summed E-state index contributed by atoms with van der Waals surface area (Å²) in [6.45, 7) is 7.64. The maximum absolute atomic E-state index is 12.7. The fourth-order valence-electron chi connectivity index (χ4n) is 3.90. The topological polar surface area (TPSA) is 52.7 Å². The SMILES string of the molecule is CCC1CCCCN1C(=O)NC1CC(=O)N(c2ccc(C)c(C)c2)C1. The van der Waals surface area contributed by atoms with Crippen LogP contribution in [0.4, 0.5) is 10.5 Å². The third-order valence-corrected chi connectivity index (χ3v) is 5.61. The number of amides is 3. The van der Waals surface area contributed by atoms with Gasteiger partial charge >= 0.3 is 6.03 Å². The minimum Gasteiger partial charge on any atom is -0.333 e. The van der Waals surface area contributed by atoms with Gasteiger partial charge in [-0.3, -0.25) is 4.79 Å². The molecule has 0 radical (unpaired) electrons. The van der Waals surface area contributed by atoms with Crippen LogP contribution < -0.4 is 10.2 Å². The summed E-state index contributed by atoms with van der Waals surface area (Å²) in [6, 6.07) is 6.30. The van der Waals surface area contributed by atoms with Gasteiger partial charge in [0, 0.05) is 31.2 Å². The predicted molar refractivity (Wildman–Crippen MR) is 99.8 cm³/mol. The van der Waals surface area contributed by atoms with Crippen LogP contribution in [-0.2, 0) is 4.79 Å². The Hall–Kier alpha value is -2.04. The standard InChI is InChI=1S/C20H29N3O2/c1-4-17-7-5-6-10-22(17)20(25)21-16-12-19(24)23(13-16)18-9-8-14(2)15(3)11-18/h8-9,11,16-17H,4-7,10,12-13H2,1-3H3,(H,21,25). The number of carbonyl (C=O) groups excluding carboxylic acids is 2. The summed E-state index contributed by atoms with van der Waals surface area (Å²) >= 11 is 0. The summed E-state index contributed by atoms with van der Waals surface area (Å²) in [5.74, 6) is 0.0826. The van der Waals surface area contributed by atoms with E-state index in [-0.39, 0.29) is 18.0 Å². The second kappa shape index (κ2) is 7.46. The third kappa shape index (κ3) is 3.80. The Bertz CT molecular complexity index is 658. The van der Waals surface area contributed by atoms with Crippen molar-refractivity contribution in [3.8, 4) is 0 Å². The first-order valence-electron chi connectivity index (χ1n) is 9.44. The van der Waals surface area contributed by atoms with Gasteiger partial charge in [-0.15, -0.1) is 0 Å². The zero-order chi connectivity index (χ0) is 18.0. The van der Waals surface area contributed by atoms with Crippen LogP contribution in [0.2, 0.25) is 0 Å². The van der Waals surface area contributed by atoms with E-state index in [9.17, 15) is 9.59 Å². The normalized spacial score (nSPS) is 23.9. The molecule has 5 heteroatoms. The van der Waals surface area contributed by atoms with Crippen LogP contribution in [0, 0.1) is 13.8 Å². The van der Waals surface area contributed by atoms with Crippen LogP contribution >= 0.6 is 0 Å². The van der Waals surface area contributed by atoms with Crippen molar-refractivity contribution in [2.45, 2.75) is 65.0 Å². The Balaban J connectivity index is 1.64. The molecule has 136 valence electrons. The molecule has 2 aliphatic heterocycles. The molecule has 2 heterocycles. The van der Waals surface area contributed by atoms with Gasteiger partial charge in [0.1, 0.15) is 0 Å². The first kappa shape index (κ1) is 17.8. The van der Waals surface area contributed by atoms with Gasteiger partial charge in [0.2, 0.25) is 5.91 Å². The second-order valence-corrected chi connectivity index (χ2v) is 7.37. The van der Waals surface area contributed by atoms with Crippen molar-refractivity contribution in [3.05, 3.63) is 29.3 Å². The molecular weight excluding hydrogens is 314 g/mol. The maximum Gasteiger partial charge on any atom is 0.317 e. The van der Waals surface area contributed by atoms with Gasteiger partial charge in [0.05, 0.1) is 6.04 Å². The van der Waals surface area contributed by atoms with E-state index >= 15 is 0 Å². The molecule has 0 aliphatic carbocycles. The van der Waals surface area contributed by atoms with Gasteiger partial charge < -0.3 is 15.1 Å². The first-order chi connectivity index (χ1) is 12.0. The molecule has 2 fully saturated rings. The number of likely N-dealkylation sites (tertiary alicyclic amines) is 1. The van der Waals surface area contributed by atoms with Crippen LogP contribution in [0.3, 0.4) is 0 Å². The molecule has 2 aliphatic rings. The number of piperidine rings is 1. The molecule has 25 heavy (non-hydrogen) atoms. The fraction of sp³-hybridized carbons (Fsp3) is 0.600. The lowest BCUT2D eigenvalue weighted by Crippen LogP contribution is -2.51. The summed E-state index contributed by atoms with van der Waals surface area (Å²) < 4.78 is 0. The second-order valence-electron chi connectivity index (χ2n) is 7.37. The highest BCUT2D eigenvalue weighted by atomic mass is 16.2. The molecule has 3 amide bonds. The lowest BCUT2D eigenvalue weighted by Gasteiger charge is -2.35. The molecule has 0 bridgehead atoms. The number of rotatable bonds is 3. The molecule has 1 N–H and O–H groups in total. The van der Waals surface area contributed by atoms with Crippen LogP contribution in [0.15, 0.2) is 18.2 Å². The molecule has 0 spiro atoms. The number of aryl methyl sites for hydroxylation is 2. The van der Waals surface area contributed by atoms with Crippen molar-refractivity contribution in [2.75, 3.05) is 18.0 Å². The van der Waals surface area contributed by atoms with Gasteiger partial charge in [0.15, 0.2) is 0 Å². The summed E-state index contributed by atoms with van der Waals surface area (Å²) in [5, 5.41) is 3.09. The van der Waals surface area contributed by atoms with Gasteiger partial charge in [-0.05, 0) is 62.8 Å². The number of nitrogens with zero attached hydrogens (tertiary/aromatic N) is 2. The predicted octanol–water partition coefficient (Wildman–Crippen LogP) is 3.38. The van der Waals surface area contributed by atoms with Crippen molar-refractivity contribution in [1.29, 1.82) is 0 Å². The molecule has 0 aromatic heterocycles. The minimum absolute atomic E-state index is 0.00807. The van der Waals surface area contributed by atoms with E-state index in [0.29, 0.717) is 19.0 Å². The largest absolute Gasteiger partial charge is 0.333 e. The van der Waals surface area contributed by atoms with Crippen LogP contribution in [0.1, 0.15) is 50.2 Å². The van der Waals surface area contributed by atoms with Crippen molar-refractivity contribution >= 4 is 17.6 Å². The third-order valence-electron chi connectivity index (χ3n) is 5.61. The Morgan fingerprint density at radius 1 is 1.24 bits per heavy atom. The Labute approximate surface area is 150 Å². The Kier molecular flexibility index (Phi) is 5.30. The maximum atomic E-state index is 12.7. The van der Waals surface area contributed by atoms with Crippen molar-refractivity contribution in [1.82, 2.24) is 10.2 Å². The summed E-state index contributed by atoms with van der Waals surface area (Å²) in [5.41, 5.74) is 3.32. The molecular formula is C20H29N3O2. The van der Waals surface area contributed by atoms with Crippen molar-refractivity contribution in [3.63, 3.8) is 0 Å². The molecule has 2 atom stereocenters. The van der Waals surface area contributed by atoms with E-state index in [2.05, 4.69) is 32.2 Å². The average molecular weight is 343 g/mol. The number of hydrogen-bond donors (Lipinski definition) is 1. The van der Waals surface area contributed by atoms with Gasteiger partial charge in [-0.1, -0.05) is 13.0 Å². The Morgan fingerprint density at radius 3 is 2.76 bits per heavy atom. The van der Waals surface area contributed by atoms with Crippen LogP contribution in [0.25, 0.3) is 0 Å². The highest BCUT2D eigenvalue weighted by Crippen LogP contribution is 2.25. The number of hydrogen-bond acceptors (Lipinski definition) is 2. The number of benzene rings is 1. The molecule has 2 saturated heterocycles. The highest BCUT2D eigenvalue weighted by molar-refractivity contribution is 5.97. The van der Waals surface area contributed by atoms with E-state index < -0.39 is 0 Å². The molecule has 1 aromatic carbocycles. The summed E-state index contributed by atoms with van der Waals surface area (Å²) in [7, 11) is 0. The van der Waals surface area contributed by atoms with Gasteiger partial charge in [0.25, 0.3) is 0 Å². The fourth-order valence-corrected chi connectivity index (χ4v) is 3.90. The van der Waals surface area contributed by atoms with E-state index in [1.54, 1.807) is 4.90 Å². The first-order valence-corrected chi connectivity index (χ1v) is 9.44. The van der Waals surface area contributed by atoms with E-state index in [4.69, 9.17) is 0 Å². The monoisotopic (exact) mass is 343 g/mol. The van der Waals surface area contributed by atoms with Crippen molar-refractivity contribution < 1.29 is 9.59 Å². The molecule has 2 unspecified atom stereocenters. The quantitative estimate of drug-likeness (QED) is 0.915. The molecule has 5 nitrogen and oxygen atoms in total. The summed E-state index contributed by atoms with van der Waals surface area (Å²) in [4.78, 5) is 28.8. The molecule has 0 saturated carbocycles. The smallest absolute Gasteiger partial charge is 0.317 e. The highest BCUT2D eigenvalue weighted by Gasteiger charge is 2.34. The van der Waals surface area contributed by atoms with Gasteiger partial charge in [-0.2, -0.15) is 0 Å². The lowest BCUT2D eigenvalue weighted by molar-refractivity contribution is -0.117. The van der Waals surface area contributed by atoms with Crippen molar-refractivity contribution in [2.24, 2.45) is 0 Å². The zero-order valence-electron chi connectivity index (χ0n) is 15.5. The zero-order valence-corrected chi connectivity index (χ0v) is 15.5. The number of anilines is 1. The minimum atomic E-state index is -0.110. The van der Waals surface area contributed by atoms with Gasteiger partial charge in [-0.25, -0.2) is 4.79 Å².